The van der Waals surface area contributed by atoms with Crippen LogP contribution < -0.4 is 10.1 Å². The molecule has 1 atom stereocenters. The molecule has 2 heterocycles. The minimum atomic E-state index is 0.138. The monoisotopic (exact) mass is 462 g/mol. The van der Waals surface area contributed by atoms with Crippen LogP contribution >= 0.6 is 11.6 Å². The van der Waals surface area contributed by atoms with Gasteiger partial charge in [0.05, 0.1) is 29.9 Å². The predicted molar refractivity (Wildman–Crippen MR) is 138 cm³/mol. The number of rotatable bonds is 10. The molecule has 0 aliphatic heterocycles. The van der Waals surface area contributed by atoms with Crippen molar-refractivity contribution < 1.29 is 4.74 Å². The van der Waals surface area contributed by atoms with Gasteiger partial charge in [0.1, 0.15) is 5.75 Å². The summed E-state index contributed by atoms with van der Waals surface area (Å²) in [6.45, 7) is 7.66. The van der Waals surface area contributed by atoms with E-state index in [4.69, 9.17) is 21.3 Å². The smallest absolute Gasteiger partial charge is 0.119 e. The molecule has 5 nitrogen and oxygen atoms in total. The van der Waals surface area contributed by atoms with E-state index in [1.807, 2.05) is 42.7 Å². The predicted octanol–water partition coefficient (Wildman–Crippen LogP) is 6.72. The molecule has 0 saturated carbocycles. The van der Waals surface area contributed by atoms with Crippen molar-refractivity contribution >= 4 is 39.1 Å². The average Bonchev–Trinajstić information content (AvgIpc) is 2.85. The van der Waals surface area contributed by atoms with Gasteiger partial charge in [-0.25, -0.2) is 4.98 Å². The average molecular weight is 463 g/mol. The third-order valence-corrected chi connectivity index (χ3v) is 6.47. The number of ether oxygens (including phenoxy) is 1. The summed E-state index contributed by atoms with van der Waals surface area (Å²) < 4.78 is 5.52. The van der Waals surface area contributed by atoms with Crippen molar-refractivity contribution in [2.45, 2.75) is 32.7 Å². The maximum atomic E-state index is 6.31. The molecule has 172 valence electrons. The Kier molecular flexibility index (Phi) is 7.63. The first-order valence-corrected chi connectivity index (χ1v) is 12.0. The first-order chi connectivity index (χ1) is 16.1. The van der Waals surface area contributed by atoms with Gasteiger partial charge in [-0.15, -0.1) is 0 Å². The lowest BCUT2D eigenvalue weighted by molar-refractivity contribution is 0.294. The van der Waals surface area contributed by atoms with Gasteiger partial charge in [0.15, 0.2) is 0 Å². The van der Waals surface area contributed by atoms with Gasteiger partial charge in [-0.2, -0.15) is 0 Å². The van der Waals surface area contributed by atoms with E-state index < -0.39 is 0 Å². The number of hydrogen-bond acceptors (Lipinski definition) is 5. The second kappa shape index (κ2) is 10.8. The topological polar surface area (TPSA) is 50.3 Å². The summed E-state index contributed by atoms with van der Waals surface area (Å²) in [4.78, 5) is 11.6. The minimum absolute atomic E-state index is 0.138. The molecule has 0 fully saturated rings. The molecule has 0 spiro atoms. The molecule has 0 saturated heterocycles. The lowest BCUT2D eigenvalue weighted by atomic mass is 10.0. The molecule has 1 N–H and O–H groups in total. The zero-order valence-corrected chi connectivity index (χ0v) is 20.3. The summed E-state index contributed by atoms with van der Waals surface area (Å²) in [6, 6.07) is 16.2. The lowest BCUT2D eigenvalue weighted by Gasteiger charge is -2.24. The second-order valence-electron chi connectivity index (χ2n) is 8.18. The summed E-state index contributed by atoms with van der Waals surface area (Å²) in [5, 5.41) is 6.63. The normalized spacial score (nSPS) is 12.4. The molecule has 0 radical (unpaired) electrons. The van der Waals surface area contributed by atoms with Crippen molar-refractivity contribution in [3.63, 3.8) is 0 Å². The Bertz CT molecular complexity index is 1210. The Morgan fingerprint density at radius 3 is 2.48 bits per heavy atom. The Morgan fingerprint density at radius 1 is 0.970 bits per heavy atom. The Labute approximate surface area is 200 Å². The molecule has 6 heteroatoms. The third kappa shape index (κ3) is 5.37. The van der Waals surface area contributed by atoms with Gasteiger partial charge in [-0.3, -0.25) is 4.98 Å². The summed E-state index contributed by atoms with van der Waals surface area (Å²) in [7, 11) is 1.69. The van der Waals surface area contributed by atoms with E-state index in [-0.39, 0.29) is 6.04 Å². The van der Waals surface area contributed by atoms with Crippen molar-refractivity contribution in [1.29, 1.82) is 0 Å². The van der Waals surface area contributed by atoms with E-state index in [1.165, 1.54) is 5.56 Å². The number of methoxy groups -OCH3 is 1. The van der Waals surface area contributed by atoms with Crippen LogP contribution in [0.4, 0.5) is 5.69 Å². The molecule has 33 heavy (non-hydrogen) atoms. The fourth-order valence-corrected chi connectivity index (χ4v) is 4.50. The van der Waals surface area contributed by atoms with Crippen LogP contribution in [0.25, 0.3) is 21.8 Å². The van der Waals surface area contributed by atoms with Gasteiger partial charge in [-0.1, -0.05) is 25.4 Å². The molecule has 2 aromatic heterocycles. The number of nitrogens with one attached hydrogen (secondary N) is 1. The van der Waals surface area contributed by atoms with Crippen LogP contribution in [0.1, 0.15) is 38.3 Å². The molecule has 0 unspecified atom stereocenters. The van der Waals surface area contributed by atoms with E-state index >= 15 is 0 Å². The fourth-order valence-electron chi connectivity index (χ4n) is 4.33. The third-order valence-electron chi connectivity index (χ3n) is 6.23. The van der Waals surface area contributed by atoms with Gasteiger partial charge < -0.3 is 15.0 Å². The summed E-state index contributed by atoms with van der Waals surface area (Å²) >= 11 is 6.31. The minimum Gasteiger partial charge on any atom is -0.497 e. The zero-order valence-electron chi connectivity index (χ0n) is 19.5. The summed E-state index contributed by atoms with van der Waals surface area (Å²) in [5.41, 5.74) is 4.05. The maximum absolute atomic E-state index is 6.31. The number of nitrogens with zero attached hydrogens (tertiary/aromatic N) is 3. The van der Waals surface area contributed by atoms with Crippen molar-refractivity contribution in [3.05, 3.63) is 71.5 Å². The first kappa shape index (κ1) is 23.3. The summed E-state index contributed by atoms with van der Waals surface area (Å²) in [6.07, 6.45) is 5.82. The lowest BCUT2D eigenvalue weighted by Crippen LogP contribution is -2.25. The van der Waals surface area contributed by atoms with E-state index in [9.17, 15) is 0 Å². The van der Waals surface area contributed by atoms with E-state index in [2.05, 4.69) is 47.2 Å². The largest absolute Gasteiger partial charge is 0.497 e. The Morgan fingerprint density at radius 2 is 1.76 bits per heavy atom. The molecule has 4 rings (SSSR count). The Balaban J connectivity index is 1.77. The number of anilines is 1. The first-order valence-electron chi connectivity index (χ1n) is 11.6. The molecule has 0 aliphatic rings. The van der Waals surface area contributed by atoms with Crippen molar-refractivity contribution in [3.8, 4) is 5.75 Å². The highest BCUT2D eigenvalue weighted by Gasteiger charge is 2.17. The van der Waals surface area contributed by atoms with Crippen molar-refractivity contribution in [2.75, 3.05) is 32.1 Å². The Hall–Kier alpha value is -2.89. The number of benzene rings is 2. The van der Waals surface area contributed by atoms with Crippen LogP contribution in [-0.4, -0.2) is 41.6 Å². The standard InChI is InChI=1S/C27H31ClN4O/c1-4-32(5-2)16-6-7-24(19-12-14-29-15-13-19)31-27-22-10-8-20(28)17-26(22)30-25-11-9-21(33-3)18-23(25)27/h8-15,17-18,24H,4-7,16H2,1-3H3,(H,30,31)/t24-/m1/s1. The van der Waals surface area contributed by atoms with Crippen molar-refractivity contribution in [1.82, 2.24) is 14.9 Å². The van der Waals surface area contributed by atoms with Crippen LogP contribution in [0.2, 0.25) is 5.02 Å². The van der Waals surface area contributed by atoms with Gasteiger partial charge in [0.2, 0.25) is 0 Å². The molecular weight excluding hydrogens is 432 g/mol. The number of pyridine rings is 2. The number of aromatic nitrogens is 2. The fraction of sp³-hybridized carbons (Fsp3) is 0.333. The van der Waals surface area contributed by atoms with E-state index in [1.54, 1.807) is 7.11 Å². The van der Waals surface area contributed by atoms with E-state index in [0.717, 1.165) is 65.7 Å². The molecular formula is C27H31ClN4O. The van der Waals surface area contributed by atoms with Gasteiger partial charge in [0, 0.05) is 28.2 Å². The molecule has 2 aromatic carbocycles. The van der Waals surface area contributed by atoms with Crippen LogP contribution in [0.3, 0.4) is 0 Å². The highest BCUT2D eigenvalue weighted by atomic mass is 35.5. The van der Waals surface area contributed by atoms with Gasteiger partial charge in [-0.05, 0) is 86.6 Å². The molecule has 0 aliphatic carbocycles. The zero-order chi connectivity index (χ0) is 23.2. The van der Waals surface area contributed by atoms with E-state index in [0.29, 0.717) is 5.02 Å². The summed E-state index contributed by atoms with van der Waals surface area (Å²) in [5.74, 6) is 0.808. The van der Waals surface area contributed by atoms with Crippen LogP contribution in [0.15, 0.2) is 60.9 Å². The number of hydrogen-bond donors (Lipinski definition) is 1. The van der Waals surface area contributed by atoms with Crippen LogP contribution in [0, 0.1) is 0 Å². The van der Waals surface area contributed by atoms with Crippen molar-refractivity contribution in [2.24, 2.45) is 0 Å². The molecule has 0 amide bonds. The van der Waals surface area contributed by atoms with Crippen LogP contribution in [-0.2, 0) is 0 Å². The van der Waals surface area contributed by atoms with Gasteiger partial charge in [0.25, 0.3) is 0 Å². The number of halogens is 1. The molecule has 0 bridgehead atoms. The second-order valence-corrected chi connectivity index (χ2v) is 8.61. The highest BCUT2D eigenvalue weighted by Crippen LogP contribution is 2.37. The quantitative estimate of drug-likeness (QED) is 0.265. The SMILES string of the molecule is CCN(CC)CCC[C@@H](Nc1c2ccc(Cl)cc2nc2ccc(OC)cc12)c1ccncc1. The molecule has 4 aromatic rings. The number of fused-ring (bicyclic) bond motifs is 2. The van der Waals surface area contributed by atoms with Crippen LogP contribution in [0.5, 0.6) is 5.75 Å². The highest BCUT2D eigenvalue weighted by molar-refractivity contribution is 6.31. The van der Waals surface area contributed by atoms with Gasteiger partial charge >= 0.3 is 0 Å². The maximum Gasteiger partial charge on any atom is 0.119 e.